The average molecular weight is 297 g/mol. The number of hydrogen-bond acceptors (Lipinski definition) is 2. The van der Waals surface area contributed by atoms with Gasteiger partial charge in [-0.1, -0.05) is 13.0 Å². The predicted molar refractivity (Wildman–Crippen MR) is 71.9 cm³/mol. The number of aromatic nitrogens is 2. The molecule has 0 fully saturated rings. The third-order valence-corrected chi connectivity index (χ3v) is 2.83. The number of nitrogens with zero attached hydrogens (tertiary/aromatic N) is 2. The van der Waals surface area contributed by atoms with E-state index in [1.165, 1.54) is 29.1 Å². The Morgan fingerprint density at radius 3 is 2.76 bits per heavy atom. The first-order chi connectivity index (χ1) is 9.91. The second kappa shape index (κ2) is 5.99. The van der Waals surface area contributed by atoms with Crippen molar-refractivity contribution < 1.29 is 18.0 Å². The van der Waals surface area contributed by atoms with Crippen LogP contribution in [-0.4, -0.2) is 15.7 Å². The molecule has 0 unspecified atom stereocenters. The third-order valence-electron chi connectivity index (χ3n) is 2.83. The first-order valence-corrected chi connectivity index (χ1v) is 6.42. The van der Waals surface area contributed by atoms with Crippen LogP contribution in [0.2, 0.25) is 0 Å². The molecular formula is C14H14F3N3O. The monoisotopic (exact) mass is 297 g/mol. The smallest absolute Gasteiger partial charge is 0.321 e. The van der Waals surface area contributed by atoms with Crippen molar-refractivity contribution in [2.24, 2.45) is 0 Å². The summed E-state index contributed by atoms with van der Waals surface area (Å²) in [5, 5.41) is 6.46. The number of aryl methyl sites for hydroxylation is 1. The largest absolute Gasteiger partial charge is 0.416 e. The first kappa shape index (κ1) is 15.1. The summed E-state index contributed by atoms with van der Waals surface area (Å²) in [6, 6.07) is 6.05. The molecule has 1 N–H and O–H groups in total. The maximum absolute atomic E-state index is 12.6. The molecule has 0 bridgehead atoms. The van der Waals surface area contributed by atoms with Gasteiger partial charge in [0.2, 0.25) is 0 Å². The summed E-state index contributed by atoms with van der Waals surface area (Å²) < 4.78 is 39.4. The van der Waals surface area contributed by atoms with E-state index >= 15 is 0 Å². The number of nitrogens with one attached hydrogen (secondary N) is 1. The summed E-state index contributed by atoms with van der Waals surface area (Å²) in [6.45, 7) is 2.51. The fourth-order valence-electron chi connectivity index (χ4n) is 1.88. The third kappa shape index (κ3) is 3.62. The van der Waals surface area contributed by atoms with Crippen LogP contribution in [0.1, 0.15) is 29.4 Å². The fraction of sp³-hybridized carbons (Fsp3) is 0.286. The van der Waals surface area contributed by atoms with Gasteiger partial charge >= 0.3 is 6.18 Å². The minimum atomic E-state index is -4.44. The van der Waals surface area contributed by atoms with E-state index in [0.717, 1.165) is 18.6 Å². The molecule has 0 aliphatic rings. The fourth-order valence-corrected chi connectivity index (χ4v) is 1.88. The van der Waals surface area contributed by atoms with Crippen LogP contribution < -0.4 is 5.32 Å². The lowest BCUT2D eigenvalue weighted by molar-refractivity contribution is -0.137. The Hall–Kier alpha value is -2.31. The van der Waals surface area contributed by atoms with Gasteiger partial charge in [0.25, 0.3) is 5.91 Å². The number of carbonyl (C=O) groups excluding carboxylic acids is 1. The normalized spacial score (nSPS) is 11.4. The van der Waals surface area contributed by atoms with Crippen molar-refractivity contribution in [2.45, 2.75) is 26.1 Å². The summed E-state index contributed by atoms with van der Waals surface area (Å²) in [5.41, 5.74) is -0.393. The zero-order valence-electron chi connectivity index (χ0n) is 11.3. The van der Waals surface area contributed by atoms with Gasteiger partial charge in [-0.25, -0.2) is 0 Å². The molecule has 0 spiro atoms. The zero-order chi connectivity index (χ0) is 15.5. The van der Waals surface area contributed by atoms with Crippen molar-refractivity contribution in [1.29, 1.82) is 0 Å². The number of alkyl halides is 3. The van der Waals surface area contributed by atoms with Gasteiger partial charge < -0.3 is 5.32 Å². The molecule has 1 aromatic heterocycles. The molecule has 1 heterocycles. The number of halogens is 3. The Balaban J connectivity index is 2.18. The summed E-state index contributed by atoms with van der Waals surface area (Å²) in [6.07, 6.45) is -2.16. The quantitative estimate of drug-likeness (QED) is 0.938. The Morgan fingerprint density at radius 1 is 1.33 bits per heavy atom. The Labute approximate surface area is 119 Å². The molecule has 7 heteroatoms. The molecule has 2 aromatic rings. The predicted octanol–water partition coefficient (Wildman–Crippen LogP) is 3.56. The maximum Gasteiger partial charge on any atom is 0.416 e. The van der Waals surface area contributed by atoms with Crippen LogP contribution >= 0.6 is 0 Å². The number of benzene rings is 1. The molecule has 1 amide bonds. The highest BCUT2D eigenvalue weighted by molar-refractivity contribution is 6.03. The average Bonchev–Trinajstić information content (AvgIpc) is 2.87. The topological polar surface area (TPSA) is 46.9 Å². The highest BCUT2D eigenvalue weighted by Crippen LogP contribution is 2.30. The van der Waals surface area contributed by atoms with Gasteiger partial charge in [0, 0.05) is 18.4 Å². The number of hydrogen-bond donors (Lipinski definition) is 1. The van der Waals surface area contributed by atoms with Crippen LogP contribution in [0.5, 0.6) is 0 Å². The lowest BCUT2D eigenvalue weighted by Crippen LogP contribution is -2.18. The van der Waals surface area contributed by atoms with E-state index in [0.29, 0.717) is 12.2 Å². The van der Waals surface area contributed by atoms with Gasteiger partial charge in [-0.15, -0.1) is 0 Å². The van der Waals surface area contributed by atoms with Gasteiger partial charge in [-0.2, -0.15) is 18.3 Å². The first-order valence-electron chi connectivity index (χ1n) is 6.42. The Kier molecular flexibility index (Phi) is 4.30. The summed E-state index contributed by atoms with van der Waals surface area (Å²) in [7, 11) is 0. The lowest BCUT2D eigenvalue weighted by Gasteiger charge is -2.10. The van der Waals surface area contributed by atoms with Crippen LogP contribution in [0.4, 0.5) is 18.9 Å². The van der Waals surface area contributed by atoms with Crippen molar-refractivity contribution in [3.63, 3.8) is 0 Å². The van der Waals surface area contributed by atoms with E-state index in [1.807, 2.05) is 6.92 Å². The molecule has 0 atom stereocenters. The van der Waals surface area contributed by atoms with E-state index < -0.39 is 17.6 Å². The van der Waals surface area contributed by atoms with Crippen molar-refractivity contribution in [2.75, 3.05) is 5.32 Å². The second-order valence-corrected chi connectivity index (χ2v) is 4.47. The number of anilines is 1. The van der Waals surface area contributed by atoms with Gasteiger partial charge in [0.05, 0.1) is 5.56 Å². The Morgan fingerprint density at radius 2 is 2.10 bits per heavy atom. The van der Waals surface area contributed by atoms with Gasteiger partial charge in [-0.3, -0.25) is 9.48 Å². The van der Waals surface area contributed by atoms with Gasteiger partial charge in [0.1, 0.15) is 5.69 Å². The van der Waals surface area contributed by atoms with E-state index in [9.17, 15) is 18.0 Å². The van der Waals surface area contributed by atoms with Crippen molar-refractivity contribution in [3.05, 3.63) is 47.8 Å². The van der Waals surface area contributed by atoms with Crippen LogP contribution in [-0.2, 0) is 12.7 Å². The SMILES string of the molecule is CCCn1nccc1C(=O)Nc1cccc(C(F)(F)F)c1. The molecule has 1 aromatic carbocycles. The molecule has 112 valence electrons. The van der Waals surface area contributed by atoms with E-state index in [2.05, 4.69) is 10.4 Å². The maximum atomic E-state index is 12.6. The number of carbonyl (C=O) groups is 1. The summed E-state index contributed by atoms with van der Waals surface area (Å²) >= 11 is 0. The minimum absolute atomic E-state index is 0.0964. The number of amides is 1. The molecule has 0 aliphatic carbocycles. The van der Waals surface area contributed by atoms with E-state index in [1.54, 1.807) is 0 Å². The molecule has 21 heavy (non-hydrogen) atoms. The van der Waals surface area contributed by atoms with Crippen LogP contribution in [0.3, 0.4) is 0 Å². The lowest BCUT2D eigenvalue weighted by atomic mass is 10.2. The van der Waals surface area contributed by atoms with Gasteiger partial charge in [0.15, 0.2) is 0 Å². The molecule has 0 radical (unpaired) electrons. The standard InChI is InChI=1S/C14H14F3N3O/c1-2-8-20-12(6-7-18-20)13(21)19-11-5-3-4-10(9-11)14(15,16)17/h3-7,9H,2,8H2,1H3,(H,19,21). The zero-order valence-corrected chi connectivity index (χ0v) is 11.3. The molecule has 2 rings (SSSR count). The van der Waals surface area contributed by atoms with E-state index in [-0.39, 0.29) is 5.69 Å². The van der Waals surface area contributed by atoms with Crippen molar-refractivity contribution >= 4 is 11.6 Å². The summed E-state index contributed by atoms with van der Waals surface area (Å²) in [4.78, 5) is 12.1. The van der Waals surface area contributed by atoms with Crippen molar-refractivity contribution in [3.8, 4) is 0 Å². The summed E-state index contributed by atoms with van der Waals surface area (Å²) in [5.74, 6) is -0.486. The van der Waals surface area contributed by atoms with Crippen LogP contribution in [0.25, 0.3) is 0 Å². The minimum Gasteiger partial charge on any atom is -0.321 e. The molecule has 4 nitrogen and oxygen atoms in total. The highest BCUT2D eigenvalue weighted by Gasteiger charge is 2.30. The van der Waals surface area contributed by atoms with Crippen LogP contribution in [0.15, 0.2) is 36.5 Å². The van der Waals surface area contributed by atoms with Crippen molar-refractivity contribution in [1.82, 2.24) is 9.78 Å². The number of rotatable bonds is 4. The molecule has 0 saturated carbocycles. The van der Waals surface area contributed by atoms with Gasteiger partial charge in [-0.05, 0) is 30.7 Å². The van der Waals surface area contributed by atoms with E-state index in [4.69, 9.17) is 0 Å². The highest BCUT2D eigenvalue weighted by atomic mass is 19.4. The molecule has 0 aliphatic heterocycles. The molecule has 0 saturated heterocycles. The second-order valence-electron chi connectivity index (χ2n) is 4.47. The van der Waals surface area contributed by atoms with Crippen LogP contribution in [0, 0.1) is 0 Å². The Bertz CT molecular complexity index is 634. The molecular weight excluding hydrogens is 283 g/mol.